The molecule has 1 saturated carbocycles. The molecule has 6 nitrogen and oxygen atoms in total. The molecule has 37 heavy (non-hydrogen) atoms. The minimum Gasteiger partial charge on any atom is -0.361 e. The van der Waals surface area contributed by atoms with E-state index in [0.717, 1.165) is 50.7 Å². The van der Waals surface area contributed by atoms with Crippen molar-refractivity contribution in [2.75, 3.05) is 47.8 Å². The van der Waals surface area contributed by atoms with Crippen LogP contribution in [-0.2, 0) is 5.41 Å². The third kappa shape index (κ3) is 6.33. The lowest BCUT2D eigenvalue weighted by atomic mass is 9.69. The first-order chi connectivity index (χ1) is 17.9. The number of hydrogen-bond acceptors (Lipinski definition) is 5. The van der Waals surface area contributed by atoms with Gasteiger partial charge in [0, 0.05) is 44.2 Å². The molecule has 1 aromatic carbocycles. The van der Waals surface area contributed by atoms with Crippen LogP contribution in [0.25, 0.3) is 0 Å². The average Bonchev–Trinajstić information content (AvgIpc) is 3.43. The van der Waals surface area contributed by atoms with Crippen LogP contribution in [0.4, 0.5) is 22.0 Å². The molecule has 0 bridgehead atoms. The van der Waals surface area contributed by atoms with E-state index in [-0.39, 0.29) is 11.2 Å². The topological polar surface area (TPSA) is 56.3 Å². The average molecular weight is 525 g/mol. The molecule has 200 valence electrons. The van der Waals surface area contributed by atoms with Crippen LogP contribution in [-0.4, -0.2) is 47.8 Å². The second-order valence-electron chi connectivity index (χ2n) is 11.6. The van der Waals surface area contributed by atoms with Crippen molar-refractivity contribution in [3.63, 3.8) is 0 Å². The van der Waals surface area contributed by atoms with Gasteiger partial charge in [-0.25, -0.2) is 4.39 Å². The van der Waals surface area contributed by atoms with Gasteiger partial charge in [0.05, 0.1) is 0 Å². The summed E-state index contributed by atoms with van der Waals surface area (Å²) in [6.07, 6.45) is 9.41. The maximum absolute atomic E-state index is 13.6. The number of nitrogens with zero attached hydrogens (tertiary/aromatic N) is 4. The van der Waals surface area contributed by atoms with Crippen LogP contribution in [0.2, 0.25) is 0 Å². The molecule has 3 aliphatic rings. The first kappa shape index (κ1) is 26.1. The van der Waals surface area contributed by atoms with Crippen molar-refractivity contribution in [3.8, 4) is 0 Å². The van der Waals surface area contributed by atoms with Crippen molar-refractivity contribution in [1.29, 1.82) is 0 Å². The van der Waals surface area contributed by atoms with E-state index in [1.54, 1.807) is 12.1 Å². The molecule has 2 saturated heterocycles. The summed E-state index contributed by atoms with van der Waals surface area (Å²) >= 11 is 5.75. The number of nitrogens with one attached hydrogen (secondary N) is 2. The molecule has 0 spiro atoms. The summed E-state index contributed by atoms with van der Waals surface area (Å²) in [7, 11) is 0. The summed E-state index contributed by atoms with van der Waals surface area (Å²) in [5.41, 5.74) is 1.15. The number of hydrogen-bond donors (Lipinski definition) is 2. The highest BCUT2D eigenvalue weighted by Gasteiger charge is 2.34. The van der Waals surface area contributed by atoms with Gasteiger partial charge in [-0.3, -0.25) is 0 Å². The summed E-state index contributed by atoms with van der Waals surface area (Å²) in [4.78, 5) is 14.6. The Hall–Kier alpha value is -2.48. The Morgan fingerprint density at radius 2 is 1.57 bits per heavy atom. The molecule has 0 unspecified atom stereocenters. The van der Waals surface area contributed by atoms with Gasteiger partial charge in [0.1, 0.15) is 17.5 Å². The first-order valence-electron chi connectivity index (χ1n) is 14.1. The van der Waals surface area contributed by atoms with Crippen LogP contribution in [0, 0.1) is 17.7 Å². The monoisotopic (exact) mass is 524 g/mol. The summed E-state index contributed by atoms with van der Waals surface area (Å²) in [5, 5.41) is 7.32. The predicted molar refractivity (Wildman–Crippen MR) is 154 cm³/mol. The quantitative estimate of drug-likeness (QED) is 0.457. The van der Waals surface area contributed by atoms with Crippen molar-refractivity contribution < 1.29 is 4.39 Å². The molecule has 0 radical (unpaired) electrons. The van der Waals surface area contributed by atoms with E-state index in [9.17, 15) is 4.39 Å². The van der Waals surface area contributed by atoms with Crippen molar-refractivity contribution in [1.82, 2.24) is 15.3 Å². The third-order valence-electron chi connectivity index (χ3n) is 8.40. The van der Waals surface area contributed by atoms with E-state index in [4.69, 9.17) is 22.2 Å². The van der Waals surface area contributed by atoms with Gasteiger partial charge in [-0.2, -0.15) is 9.97 Å². The summed E-state index contributed by atoms with van der Waals surface area (Å²) in [6, 6.07) is 9.18. The van der Waals surface area contributed by atoms with E-state index in [1.165, 1.54) is 44.1 Å². The lowest BCUT2D eigenvalue weighted by molar-refractivity contribution is 0.292. The number of aromatic nitrogens is 2. The van der Waals surface area contributed by atoms with Gasteiger partial charge in [0.2, 0.25) is 5.95 Å². The second kappa shape index (κ2) is 11.5. The standard InChI is InChI=1S/C29H41FN6S/c1-21-16-22(2)19-36(18-21)26-17-25(35-14-6-7-15-35)32-27(33-26)34-28(37)31-20-29(12-4-3-5-13-29)23-8-10-24(30)11-9-23/h8-11,17,21-22H,3-7,12-16,18-20H2,1-2H3,(H2,31,32,33,34,37)/t21-,22+. The molecule has 3 heterocycles. The molecule has 5 rings (SSSR count). The zero-order valence-electron chi connectivity index (χ0n) is 22.3. The number of thiocarbonyl (C=S) groups is 1. The zero-order valence-corrected chi connectivity index (χ0v) is 23.1. The minimum atomic E-state index is -0.191. The fourth-order valence-corrected chi connectivity index (χ4v) is 6.76. The minimum absolute atomic E-state index is 0.0405. The normalized spacial score (nSPS) is 23.6. The highest BCUT2D eigenvalue weighted by Crippen LogP contribution is 2.39. The van der Waals surface area contributed by atoms with Crippen molar-refractivity contribution in [2.45, 2.75) is 70.6 Å². The Labute approximate surface area is 226 Å². The largest absolute Gasteiger partial charge is 0.361 e. The highest BCUT2D eigenvalue weighted by atomic mass is 32.1. The number of rotatable bonds is 6. The van der Waals surface area contributed by atoms with Gasteiger partial charge in [0.25, 0.3) is 0 Å². The summed E-state index contributed by atoms with van der Waals surface area (Å²) in [5.74, 6) is 3.62. The van der Waals surface area contributed by atoms with E-state index >= 15 is 0 Å². The van der Waals surface area contributed by atoms with Gasteiger partial charge in [0.15, 0.2) is 5.11 Å². The molecular weight excluding hydrogens is 483 g/mol. The van der Waals surface area contributed by atoms with Crippen molar-refractivity contribution in [2.24, 2.45) is 11.8 Å². The molecule has 3 fully saturated rings. The highest BCUT2D eigenvalue weighted by molar-refractivity contribution is 7.80. The first-order valence-corrected chi connectivity index (χ1v) is 14.5. The SMILES string of the molecule is C[C@@H]1C[C@H](C)CN(c2cc(N3CCCC3)nc(NC(=S)NCC3(c4ccc(F)cc4)CCCCC3)n2)C1. The Morgan fingerprint density at radius 1 is 0.946 bits per heavy atom. The Morgan fingerprint density at radius 3 is 2.22 bits per heavy atom. The Kier molecular flexibility index (Phi) is 8.12. The van der Waals surface area contributed by atoms with Gasteiger partial charge in [-0.05, 0) is 73.9 Å². The van der Waals surface area contributed by atoms with Crippen LogP contribution in [0.1, 0.15) is 70.8 Å². The molecule has 2 atom stereocenters. The third-order valence-corrected chi connectivity index (χ3v) is 8.65. The molecule has 8 heteroatoms. The van der Waals surface area contributed by atoms with E-state index in [2.05, 4.69) is 40.3 Å². The molecule has 0 amide bonds. The van der Waals surface area contributed by atoms with Crippen LogP contribution < -0.4 is 20.4 Å². The van der Waals surface area contributed by atoms with E-state index < -0.39 is 0 Å². The Bertz CT molecular complexity index is 1050. The van der Waals surface area contributed by atoms with Gasteiger partial charge in [-0.15, -0.1) is 0 Å². The molecular formula is C29H41FN6S. The van der Waals surface area contributed by atoms with E-state index in [0.29, 0.717) is 29.4 Å². The van der Waals surface area contributed by atoms with E-state index in [1.807, 2.05) is 12.1 Å². The second-order valence-corrected chi connectivity index (χ2v) is 12.0. The fraction of sp³-hybridized carbons (Fsp3) is 0.621. The zero-order chi connectivity index (χ0) is 25.8. The maximum Gasteiger partial charge on any atom is 0.232 e. The number of halogens is 1. The lowest BCUT2D eigenvalue weighted by Gasteiger charge is -2.38. The molecule has 1 aliphatic carbocycles. The molecule has 2 N–H and O–H groups in total. The predicted octanol–water partition coefficient (Wildman–Crippen LogP) is 5.89. The smallest absolute Gasteiger partial charge is 0.232 e. The van der Waals surface area contributed by atoms with Crippen molar-refractivity contribution in [3.05, 3.63) is 41.7 Å². The summed E-state index contributed by atoms with van der Waals surface area (Å²) in [6.45, 7) is 9.46. The maximum atomic E-state index is 13.6. The molecule has 1 aromatic heterocycles. The van der Waals surface area contributed by atoms with Crippen LogP contribution in [0.3, 0.4) is 0 Å². The van der Waals surface area contributed by atoms with Crippen LogP contribution in [0.15, 0.2) is 30.3 Å². The van der Waals surface area contributed by atoms with Gasteiger partial charge < -0.3 is 20.4 Å². The number of benzene rings is 1. The fourth-order valence-electron chi connectivity index (χ4n) is 6.59. The van der Waals surface area contributed by atoms with Crippen molar-refractivity contribution >= 4 is 34.9 Å². The Balaban J connectivity index is 1.32. The van der Waals surface area contributed by atoms with Crippen LogP contribution >= 0.6 is 12.2 Å². The molecule has 2 aromatic rings. The summed E-state index contributed by atoms with van der Waals surface area (Å²) < 4.78 is 13.6. The van der Waals surface area contributed by atoms with Crippen LogP contribution in [0.5, 0.6) is 0 Å². The molecule has 2 aliphatic heterocycles. The lowest BCUT2D eigenvalue weighted by Crippen LogP contribution is -2.44. The van der Waals surface area contributed by atoms with Gasteiger partial charge in [-0.1, -0.05) is 45.2 Å². The van der Waals surface area contributed by atoms with Gasteiger partial charge >= 0.3 is 0 Å². The number of piperidine rings is 1. The number of anilines is 3.